The van der Waals surface area contributed by atoms with Crippen LogP contribution in [0.4, 0.5) is 0 Å². The van der Waals surface area contributed by atoms with Gasteiger partial charge in [0.2, 0.25) is 0 Å². The molecule has 0 spiro atoms. The number of halogens is 1. The second-order valence-electron chi connectivity index (χ2n) is 4.75. The van der Waals surface area contributed by atoms with E-state index in [2.05, 4.69) is 47.7 Å². The molecule has 2 aromatic carbocycles. The molecule has 2 aromatic rings. The van der Waals surface area contributed by atoms with E-state index in [1.54, 1.807) is 0 Å². The third-order valence-electron chi connectivity index (χ3n) is 3.13. The van der Waals surface area contributed by atoms with Gasteiger partial charge in [0.25, 0.3) is 0 Å². The van der Waals surface area contributed by atoms with Crippen molar-refractivity contribution in [3.63, 3.8) is 0 Å². The Kier molecular flexibility index (Phi) is 4.43. The Morgan fingerprint density at radius 2 is 1.80 bits per heavy atom. The Morgan fingerprint density at radius 1 is 1.10 bits per heavy atom. The summed E-state index contributed by atoms with van der Waals surface area (Å²) in [5.74, 6) is 0.232. The maximum absolute atomic E-state index is 12.3. The molecule has 0 saturated carbocycles. The molecule has 0 amide bonds. The van der Waals surface area contributed by atoms with Gasteiger partial charge in [-0.05, 0) is 59.3 Å². The summed E-state index contributed by atoms with van der Waals surface area (Å²) in [6.07, 6.45) is 0.587. The van der Waals surface area contributed by atoms with Gasteiger partial charge < -0.3 is 0 Å². The molecule has 1 heterocycles. The molecule has 0 N–H and O–H groups in total. The van der Waals surface area contributed by atoms with Gasteiger partial charge in [0.05, 0.1) is 4.58 Å². The molecule has 4 heteroatoms. The van der Waals surface area contributed by atoms with Crippen molar-refractivity contribution in [3.05, 3.63) is 57.2 Å². The quantitative estimate of drug-likeness (QED) is 0.497. The smallest absolute Gasteiger partial charge is 0.164 e. The van der Waals surface area contributed by atoms with Crippen LogP contribution in [0.2, 0.25) is 0 Å². The lowest BCUT2D eigenvalue weighted by Gasteiger charge is -2.06. The monoisotopic (exact) mass is 412 g/mol. The van der Waals surface area contributed by atoms with Crippen molar-refractivity contribution in [3.8, 4) is 0 Å². The van der Waals surface area contributed by atoms with Crippen LogP contribution >= 0.6 is 46.1 Å². The zero-order valence-corrected chi connectivity index (χ0v) is 14.7. The fourth-order valence-corrected chi connectivity index (χ4v) is 5.36. The number of fused-ring (bicyclic) bond motifs is 1. The summed E-state index contributed by atoms with van der Waals surface area (Å²) >= 11 is 5.88. The number of aryl methyl sites for hydroxylation is 1. The van der Waals surface area contributed by atoms with Crippen LogP contribution in [-0.4, -0.2) is 10.4 Å². The summed E-state index contributed by atoms with van der Waals surface area (Å²) < 4.78 is 1.46. The minimum absolute atomic E-state index is 0.232. The van der Waals surface area contributed by atoms with Gasteiger partial charge in [-0.1, -0.05) is 18.2 Å². The minimum atomic E-state index is 0.232. The molecule has 1 aliphatic heterocycles. The van der Waals surface area contributed by atoms with Gasteiger partial charge in [0.15, 0.2) is 5.78 Å². The lowest BCUT2D eigenvalue weighted by molar-refractivity contribution is 0.0987. The van der Waals surface area contributed by atoms with Crippen LogP contribution in [0.5, 0.6) is 0 Å². The Morgan fingerprint density at radius 3 is 2.55 bits per heavy atom. The fourth-order valence-electron chi connectivity index (χ4n) is 2.10. The molecule has 0 aliphatic carbocycles. The average molecular weight is 412 g/mol. The molecule has 20 heavy (non-hydrogen) atoms. The van der Waals surface area contributed by atoms with E-state index in [9.17, 15) is 4.79 Å². The predicted octanol–water partition coefficient (Wildman–Crippen LogP) is 5.40. The molecule has 0 saturated heterocycles. The molecule has 0 aromatic heterocycles. The van der Waals surface area contributed by atoms with Gasteiger partial charge in [0, 0.05) is 25.3 Å². The maximum Gasteiger partial charge on any atom is 0.164 e. The first-order chi connectivity index (χ1) is 9.61. The minimum Gasteiger partial charge on any atom is -0.294 e. The Balaban J connectivity index is 1.68. The molecule has 1 aliphatic rings. The molecular weight excluding hydrogens is 399 g/mol. The summed E-state index contributed by atoms with van der Waals surface area (Å²) in [7, 11) is 0. The van der Waals surface area contributed by atoms with Gasteiger partial charge in [0.1, 0.15) is 0 Å². The molecule has 1 atom stereocenters. The van der Waals surface area contributed by atoms with Crippen LogP contribution in [0.3, 0.4) is 0 Å². The van der Waals surface area contributed by atoms with E-state index in [1.807, 2.05) is 47.8 Å². The largest absolute Gasteiger partial charge is 0.294 e. The van der Waals surface area contributed by atoms with Crippen molar-refractivity contribution >= 4 is 51.9 Å². The maximum atomic E-state index is 12.3. The Bertz CT molecular complexity index is 652. The third kappa shape index (κ3) is 3.23. The van der Waals surface area contributed by atoms with Crippen molar-refractivity contribution in [2.45, 2.75) is 27.7 Å². The zero-order chi connectivity index (χ0) is 14.1. The third-order valence-corrected chi connectivity index (χ3v) is 6.62. The molecule has 102 valence electrons. The summed E-state index contributed by atoms with van der Waals surface area (Å²) in [6.45, 7) is 2.11. The Labute approximate surface area is 141 Å². The number of hydrogen-bond donors (Lipinski definition) is 0. The van der Waals surface area contributed by atoms with Crippen LogP contribution in [0, 0.1) is 10.5 Å². The fraction of sp³-hybridized carbons (Fsp3) is 0.188. The standard InChI is InChI=1S/C16H13IOS2/c1-10-2-7-14-15(8-10)20-16(19-14)9-13(18)11-3-5-12(17)6-4-11/h2-8,16H,9H2,1H3/t16-/m0/s1. The van der Waals surface area contributed by atoms with E-state index in [0.717, 1.165) is 9.13 Å². The highest BCUT2D eigenvalue weighted by Crippen LogP contribution is 2.49. The van der Waals surface area contributed by atoms with Crippen LogP contribution in [0.15, 0.2) is 52.3 Å². The zero-order valence-electron chi connectivity index (χ0n) is 10.9. The summed E-state index contributed by atoms with van der Waals surface area (Å²) in [5.41, 5.74) is 2.10. The highest BCUT2D eigenvalue weighted by molar-refractivity contribution is 14.1. The molecule has 0 bridgehead atoms. The number of Topliss-reactive ketones (excluding diaryl/α,β-unsaturated/α-hetero) is 1. The lowest BCUT2D eigenvalue weighted by Crippen LogP contribution is -2.05. The van der Waals surface area contributed by atoms with Crippen molar-refractivity contribution in [1.82, 2.24) is 0 Å². The van der Waals surface area contributed by atoms with Gasteiger partial charge in [-0.3, -0.25) is 4.79 Å². The number of benzene rings is 2. The van der Waals surface area contributed by atoms with E-state index < -0.39 is 0 Å². The van der Waals surface area contributed by atoms with E-state index in [0.29, 0.717) is 11.0 Å². The summed E-state index contributed by atoms with van der Waals surface area (Å²) in [5, 5.41) is 0. The van der Waals surface area contributed by atoms with Crippen molar-refractivity contribution in [2.75, 3.05) is 0 Å². The van der Waals surface area contributed by atoms with Crippen molar-refractivity contribution < 1.29 is 4.79 Å². The number of ketones is 1. The van der Waals surface area contributed by atoms with Gasteiger partial charge in [-0.2, -0.15) is 0 Å². The number of rotatable bonds is 3. The molecule has 0 radical (unpaired) electrons. The second kappa shape index (κ2) is 6.12. The van der Waals surface area contributed by atoms with Crippen LogP contribution < -0.4 is 0 Å². The highest BCUT2D eigenvalue weighted by atomic mass is 127. The van der Waals surface area contributed by atoms with Crippen molar-refractivity contribution in [1.29, 1.82) is 0 Å². The molecular formula is C16H13IOS2. The topological polar surface area (TPSA) is 17.1 Å². The Hall–Kier alpha value is -0.460. The van der Waals surface area contributed by atoms with Gasteiger partial charge >= 0.3 is 0 Å². The predicted molar refractivity (Wildman–Crippen MR) is 94.8 cm³/mol. The molecule has 3 rings (SSSR count). The number of carbonyl (C=O) groups is 1. The van der Waals surface area contributed by atoms with Crippen LogP contribution in [0.25, 0.3) is 0 Å². The molecule has 0 unspecified atom stereocenters. The SMILES string of the molecule is Cc1ccc2c(c1)S[C@@H](CC(=O)c1ccc(I)cc1)S2. The summed E-state index contributed by atoms with van der Waals surface area (Å²) in [6, 6.07) is 14.3. The van der Waals surface area contributed by atoms with E-state index >= 15 is 0 Å². The van der Waals surface area contributed by atoms with Gasteiger partial charge in [-0.25, -0.2) is 0 Å². The van der Waals surface area contributed by atoms with E-state index in [4.69, 9.17) is 0 Å². The number of thioether (sulfide) groups is 2. The first-order valence-electron chi connectivity index (χ1n) is 6.34. The number of hydrogen-bond acceptors (Lipinski definition) is 3. The van der Waals surface area contributed by atoms with Crippen molar-refractivity contribution in [2.24, 2.45) is 0 Å². The van der Waals surface area contributed by atoms with Crippen LogP contribution in [0.1, 0.15) is 22.3 Å². The summed E-state index contributed by atoms with van der Waals surface area (Å²) in [4.78, 5) is 14.9. The first-order valence-corrected chi connectivity index (χ1v) is 9.18. The first kappa shape index (κ1) is 14.5. The second-order valence-corrected chi connectivity index (χ2v) is 8.78. The van der Waals surface area contributed by atoms with E-state index in [1.165, 1.54) is 15.4 Å². The normalized spacial score (nSPS) is 17.0. The number of carbonyl (C=O) groups excluding carboxylic acids is 1. The molecule has 1 nitrogen and oxygen atoms in total. The lowest BCUT2D eigenvalue weighted by atomic mass is 10.1. The van der Waals surface area contributed by atoms with Crippen LogP contribution in [-0.2, 0) is 0 Å². The van der Waals surface area contributed by atoms with Gasteiger partial charge in [-0.15, -0.1) is 23.5 Å². The average Bonchev–Trinajstić information content (AvgIpc) is 2.80. The highest BCUT2D eigenvalue weighted by Gasteiger charge is 2.25. The molecule has 0 fully saturated rings. The van der Waals surface area contributed by atoms with E-state index in [-0.39, 0.29) is 5.78 Å².